The average molecular weight is 475 g/mol. The highest BCUT2D eigenvalue weighted by atomic mass is 127. The van der Waals surface area contributed by atoms with Gasteiger partial charge in [-0.05, 0) is 29.3 Å². The van der Waals surface area contributed by atoms with Crippen LogP contribution >= 0.6 is 24.0 Å². The average Bonchev–Trinajstić information content (AvgIpc) is 2.68. The first kappa shape index (κ1) is 20.7. The summed E-state index contributed by atoms with van der Waals surface area (Å²) in [7, 11) is 1.72. The summed E-state index contributed by atoms with van der Waals surface area (Å²) in [5, 5.41) is 18.3. The van der Waals surface area contributed by atoms with Crippen LogP contribution in [-0.2, 0) is 11.3 Å². The van der Waals surface area contributed by atoms with Gasteiger partial charge in [-0.25, -0.2) is 0 Å². The summed E-state index contributed by atoms with van der Waals surface area (Å²) >= 11 is 0. The van der Waals surface area contributed by atoms with Crippen LogP contribution in [0.2, 0.25) is 0 Å². The van der Waals surface area contributed by atoms with Gasteiger partial charge in [0.25, 0.3) is 0 Å². The van der Waals surface area contributed by atoms with Crippen molar-refractivity contribution < 1.29 is 4.79 Å². The predicted octanol–water partition coefficient (Wildman–Crippen LogP) is 2.97. The van der Waals surface area contributed by atoms with Crippen molar-refractivity contribution in [2.75, 3.05) is 18.9 Å². The number of nitrogens with zero attached hydrogens (tertiary/aromatic N) is 2. The molecule has 0 bridgehead atoms. The summed E-state index contributed by atoms with van der Waals surface area (Å²) in [5.41, 5.74) is 3.73. The Morgan fingerprint density at radius 1 is 1.22 bits per heavy atom. The van der Waals surface area contributed by atoms with Gasteiger partial charge in [-0.1, -0.05) is 30.3 Å². The van der Waals surface area contributed by atoms with E-state index >= 15 is 0 Å². The number of amides is 1. The zero-order chi connectivity index (χ0) is 18.4. The highest BCUT2D eigenvalue weighted by Gasteiger charge is 2.24. The van der Waals surface area contributed by atoms with E-state index in [2.05, 4.69) is 27.0 Å². The topological polar surface area (TPSA) is 89.3 Å². The number of nitrogens with one attached hydrogen (secondary N) is 3. The number of anilines is 1. The number of aliphatic imine (C=N–C) groups is 1. The standard InChI is InChI=1S/C20H21N5O.HI/c1-22-20(23-12-15-8-6-14(11-21)7-9-15)24-13-16-10-19(26)25-18-5-3-2-4-17(16)18;/h2-9,16H,10,12-13H2,1H3,(H,25,26)(H2,22,23,24);1H. The number of para-hydroxylation sites is 1. The monoisotopic (exact) mass is 475 g/mol. The van der Waals surface area contributed by atoms with Crippen molar-refractivity contribution in [3.63, 3.8) is 0 Å². The molecule has 6 nitrogen and oxygen atoms in total. The molecule has 0 aromatic heterocycles. The van der Waals surface area contributed by atoms with E-state index in [1.54, 1.807) is 19.2 Å². The van der Waals surface area contributed by atoms with Crippen LogP contribution in [0.15, 0.2) is 53.5 Å². The minimum Gasteiger partial charge on any atom is -0.356 e. The van der Waals surface area contributed by atoms with Gasteiger partial charge in [-0.2, -0.15) is 5.26 Å². The molecule has 0 aliphatic carbocycles. The third kappa shape index (κ3) is 5.44. The Balaban J connectivity index is 0.00000261. The van der Waals surface area contributed by atoms with E-state index in [-0.39, 0.29) is 35.8 Å². The second kappa shape index (κ2) is 9.92. The number of nitriles is 1. The number of hydrogen-bond donors (Lipinski definition) is 3. The molecule has 1 heterocycles. The number of carbonyl (C=O) groups excluding carboxylic acids is 1. The van der Waals surface area contributed by atoms with Crippen molar-refractivity contribution in [1.29, 1.82) is 5.26 Å². The quantitative estimate of drug-likeness (QED) is 0.361. The van der Waals surface area contributed by atoms with Gasteiger partial charge in [0.05, 0.1) is 11.6 Å². The van der Waals surface area contributed by atoms with Crippen LogP contribution in [0, 0.1) is 11.3 Å². The van der Waals surface area contributed by atoms with Crippen molar-refractivity contribution in [3.05, 3.63) is 65.2 Å². The molecule has 27 heavy (non-hydrogen) atoms. The summed E-state index contributed by atoms with van der Waals surface area (Å²) in [5.74, 6) is 0.822. The van der Waals surface area contributed by atoms with Gasteiger partial charge >= 0.3 is 0 Å². The van der Waals surface area contributed by atoms with Crippen LogP contribution in [0.5, 0.6) is 0 Å². The summed E-state index contributed by atoms with van der Waals surface area (Å²) < 4.78 is 0. The molecule has 1 aliphatic rings. The Labute approximate surface area is 176 Å². The van der Waals surface area contributed by atoms with Gasteiger partial charge in [-0.3, -0.25) is 9.79 Å². The molecule has 140 valence electrons. The van der Waals surface area contributed by atoms with Crippen LogP contribution in [0.1, 0.15) is 29.0 Å². The lowest BCUT2D eigenvalue weighted by Crippen LogP contribution is -2.40. The lowest BCUT2D eigenvalue weighted by Gasteiger charge is -2.26. The maximum atomic E-state index is 11.9. The predicted molar refractivity (Wildman–Crippen MR) is 117 cm³/mol. The zero-order valence-corrected chi connectivity index (χ0v) is 17.4. The Bertz CT molecular complexity index is 857. The van der Waals surface area contributed by atoms with Gasteiger partial charge in [0.15, 0.2) is 5.96 Å². The normalized spacial score (nSPS) is 15.6. The lowest BCUT2D eigenvalue weighted by atomic mass is 9.90. The van der Waals surface area contributed by atoms with Crippen LogP contribution in [-0.4, -0.2) is 25.5 Å². The first-order valence-electron chi connectivity index (χ1n) is 8.52. The van der Waals surface area contributed by atoms with E-state index in [4.69, 9.17) is 5.26 Å². The van der Waals surface area contributed by atoms with Gasteiger partial charge in [0, 0.05) is 38.2 Å². The van der Waals surface area contributed by atoms with Crippen molar-refractivity contribution in [3.8, 4) is 6.07 Å². The largest absolute Gasteiger partial charge is 0.356 e. The van der Waals surface area contributed by atoms with Crippen molar-refractivity contribution in [1.82, 2.24) is 10.6 Å². The van der Waals surface area contributed by atoms with E-state index in [1.165, 1.54) is 0 Å². The highest BCUT2D eigenvalue weighted by molar-refractivity contribution is 14.0. The van der Waals surface area contributed by atoms with Gasteiger partial charge in [0.2, 0.25) is 5.91 Å². The molecule has 1 amide bonds. The zero-order valence-electron chi connectivity index (χ0n) is 15.0. The first-order valence-corrected chi connectivity index (χ1v) is 8.52. The van der Waals surface area contributed by atoms with Crippen LogP contribution in [0.25, 0.3) is 0 Å². The fourth-order valence-corrected chi connectivity index (χ4v) is 3.01. The molecule has 7 heteroatoms. The number of fused-ring (bicyclic) bond motifs is 1. The number of guanidine groups is 1. The third-order valence-electron chi connectivity index (χ3n) is 4.39. The van der Waals surface area contributed by atoms with E-state index in [0.717, 1.165) is 16.8 Å². The number of rotatable bonds is 4. The molecule has 0 radical (unpaired) electrons. The lowest BCUT2D eigenvalue weighted by molar-refractivity contribution is -0.116. The molecule has 3 rings (SSSR count). The molecule has 3 N–H and O–H groups in total. The van der Waals surface area contributed by atoms with Crippen LogP contribution < -0.4 is 16.0 Å². The maximum Gasteiger partial charge on any atom is 0.225 e. The Kier molecular flexibility index (Phi) is 7.61. The molecule has 0 spiro atoms. The minimum atomic E-state index is 0. The molecular weight excluding hydrogens is 453 g/mol. The van der Waals surface area contributed by atoms with Gasteiger partial charge in [-0.15, -0.1) is 24.0 Å². The summed E-state index contributed by atoms with van der Waals surface area (Å²) in [6.45, 7) is 1.23. The van der Waals surface area contributed by atoms with Gasteiger partial charge < -0.3 is 16.0 Å². The molecule has 2 aromatic rings. The Morgan fingerprint density at radius 2 is 1.96 bits per heavy atom. The number of halogens is 1. The van der Waals surface area contributed by atoms with Crippen LogP contribution in [0.4, 0.5) is 5.69 Å². The summed E-state index contributed by atoms with van der Waals surface area (Å²) in [6.07, 6.45) is 0.455. The molecule has 1 atom stereocenters. The molecular formula is C20H22IN5O. The number of hydrogen-bond acceptors (Lipinski definition) is 3. The van der Waals surface area contributed by atoms with Crippen LogP contribution in [0.3, 0.4) is 0 Å². The molecule has 1 aliphatic heterocycles. The van der Waals surface area contributed by atoms with Gasteiger partial charge in [0.1, 0.15) is 0 Å². The highest BCUT2D eigenvalue weighted by Crippen LogP contribution is 2.31. The first-order chi connectivity index (χ1) is 12.7. The van der Waals surface area contributed by atoms with E-state index < -0.39 is 0 Å². The summed E-state index contributed by atoms with van der Waals surface area (Å²) in [4.78, 5) is 16.1. The fourth-order valence-electron chi connectivity index (χ4n) is 3.01. The SMILES string of the molecule is CN=C(NCc1ccc(C#N)cc1)NCC1CC(=O)Nc2ccccc21.I. The van der Waals surface area contributed by atoms with Crippen molar-refractivity contribution in [2.24, 2.45) is 4.99 Å². The molecule has 0 saturated heterocycles. The van der Waals surface area contributed by atoms with E-state index in [9.17, 15) is 4.79 Å². The van der Waals surface area contributed by atoms with Crippen molar-refractivity contribution in [2.45, 2.75) is 18.9 Å². The van der Waals surface area contributed by atoms with E-state index in [1.807, 2.05) is 36.4 Å². The number of benzene rings is 2. The fraction of sp³-hybridized carbons (Fsp3) is 0.250. The maximum absolute atomic E-state index is 11.9. The second-order valence-electron chi connectivity index (χ2n) is 6.15. The molecule has 0 fully saturated rings. The smallest absolute Gasteiger partial charge is 0.225 e. The van der Waals surface area contributed by atoms with E-state index in [0.29, 0.717) is 31.0 Å². The summed E-state index contributed by atoms with van der Waals surface area (Å²) in [6, 6.07) is 17.4. The Hall–Kier alpha value is -2.60. The Morgan fingerprint density at radius 3 is 2.67 bits per heavy atom. The molecule has 0 saturated carbocycles. The minimum absolute atomic E-state index is 0. The second-order valence-corrected chi connectivity index (χ2v) is 6.15. The molecule has 2 aromatic carbocycles. The number of carbonyl (C=O) groups is 1. The molecule has 1 unspecified atom stereocenters. The third-order valence-corrected chi connectivity index (χ3v) is 4.39. The van der Waals surface area contributed by atoms with Crippen molar-refractivity contribution >= 4 is 41.5 Å².